The van der Waals surface area contributed by atoms with Gasteiger partial charge in [-0.25, -0.2) is 0 Å². The van der Waals surface area contributed by atoms with E-state index in [9.17, 15) is 4.79 Å². The molecule has 0 saturated heterocycles. The average Bonchev–Trinajstić information content (AvgIpc) is 1.95. The third-order valence-electron chi connectivity index (χ3n) is 3.77. The number of hydrogen-bond acceptors (Lipinski definition) is 2. The van der Waals surface area contributed by atoms with Crippen LogP contribution in [0.3, 0.4) is 0 Å². The third kappa shape index (κ3) is 2.44. The standard InChI is InChI=1S/C14H27O2Si/c1-11(2,3)14(10(15)16-17,12(4,5)6)13(7,8)9/h1-9H3. The van der Waals surface area contributed by atoms with Crippen molar-refractivity contribution in [2.45, 2.75) is 62.3 Å². The molecule has 0 aliphatic rings. The molecule has 0 aromatic carbocycles. The lowest BCUT2D eigenvalue weighted by molar-refractivity contribution is -0.185. The van der Waals surface area contributed by atoms with Crippen LogP contribution >= 0.6 is 0 Å². The van der Waals surface area contributed by atoms with Gasteiger partial charge in [-0.05, 0) is 16.2 Å². The normalized spacial score (nSPS) is 14.7. The summed E-state index contributed by atoms with van der Waals surface area (Å²) in [5.41, 5.74) is -1.19. The third-order valence-corrected chi connectivity index (χ3v) is 3.96. The van der Waals surface area contributed by atoms with Gasteiger partial charge in [-0.1, -0.05) is 62.3 Å². The predicted molar refractivity (Wildman–Crippen MR) is 72.6 cm³/mol. The van der Waals surface area contributed by atoms with Crippen LogP contribution in [-0.2, 0) is 9.22 Å². The molecule has 0 aliphatic heterocycles. The quantitative estimate of drug-likeness (QED) is 0.667. The Morgan fingerprint density at radius 2 is 1.00 bits per heavy atom. The molecule has 0 spiro atoms. The lowest BCUT2D eigenvalue weighted by atomic mass is 9.44. The van der Waals surface area contributed by atoms with Crippen molar-refractivity contribution in [2.75, 3.05) is 0 Å². The summed E-state index contributed by atoms with van der Waals surface area (Å²) >= 11 is 0. The van der Waals surface area contributed by atoms with Crippen LogP contribution in [0.25, 0.3) is 0 Å². The van der Waals surface area contributed by atoms with E-state index in [0.717, 1.165) is 0 Å². The smallest absolute Gasteiger partial charge is 0.345 e. The molecule has 0 aromatic rings. The number of hydrogen-bond donors (Lipinski definition) is 0. The lowest BCUT2D eigenvalue weighted by Gasteiger charge is -2.58. The van der Waals surface area contributed by atoms with Gasteiger partial charge in [-0.2, -0.15) is 0 Å². The molecule has 0 unspecified atom stereocenters. The van der Waals surface area contributed by atoms with E-state index in [1.54, 1.807) is 0 Å². The SMILES string of the molecule is CC(C)(C)C(C(=O)O[Si])(C(C)(C)C)C(C)(C)C. The van der Waals surface area contributed by atoms with Crippen molar-refractivity contribution in [1.82, 2.24) is 0 Å². The van der Waals surface area contributed by atoms with Crippen LogP contribution in [0, 0.1) is 21.7 Å². The zero-order valence-electron chi connectivity index (χ0n) is 12.8. The van der Waals surface area contributed by atoms with E-state index in [1.807, 2.05) is 0 Å². The average molecular weight is 255 g/mol. The van der Waals surface area contributed by atoms with Crippen molar-refractivity contribution < 1.29 is 9.22 Å². The van der Waals surface area contributed by atoms with Crippen LogP contribution in [0.1, 0.15) is 62.3 Å². The first-order valence-corrected chi connectivity index (χ1v) is 6.52. The Hall–Kier alpha value is -0.313. The summed E-state index contributed by atoms with van der Waals surface area (Å²) in [7, 11) is 2.93. The second-order valence-corrected chi connectivity index (χ2v) is 8.09. The minimum atomic E-state index is -0.589. The summed E-state index contributed by atoms with van der Waals surface area (Å²) in [6.45, 7) is 18.9. The van der Waals surface area contributed by atoms with Crippen molar-refractivity contribution >= 4 is 16.5 Å². The summed E-state index contributed by atoms with van der Waals surface area (Å²) in [5, 5.41) is 0. The van der Waals surface area contributed by atoms with E-state index >= 15 is 0 Å². The van der Waals surface area contributed by atoms with Crippen LogP contribution in [0.5, 0.6) is 0 Å². The summed E-state index contributed by atoms with van der Waals surface area (Å²) in [6.07, 6.45) is 0. The maximum atomic E-state index is 12.5. The Balaban J connectivity index is 6.24. The molecule has 0 N–H and O–H groups in total. The fourth-order valence-corrected chi connectivity index (χ4v) is 4.52. The van der Waals surface area contributed by atoms with Crippen LogP contribution in [-0.4, -0.2) is 16.5 Å². The highest BCUT2D eigenvalue weighted by Gasteiger charge is 2.63. The summed E-state index contributed by atoms with van der Waals surface area (Å²) < 4.78 is 4.96. The fourth-order valence-electron chi connectivity index (χ4n) is 4.37. The molecule has 3 heteroatoms. The van der Waals surface area contributed by atoms with E-state index in [2.05, 4.69) is 72.8 Å². The summed E-state index contributed by atoms with van der Waals surface area (Å²) in [5.74, 6) is -0.193. The molecule has 0 fully saturated rings. The number of rotatable bonds is 1. The van der Waals surface area contributed by atoms with Gasteiger partial charge >= 0.3 is 10.5 Å². The van der Waals surface area contributed by atoms with Gasteiger partial charge in [-0.3, -0.25) is 4.79 Å². The minimum Gasteiger partial charge on any atom is -0.516 e. The molecule has 0 atom stereocenters. The lowest BCUT2D eigenvalue weighted by Crippen LogP contribution is -2.60. The van der Waals surface area contributed by atoms with Crippen molar-refractivity contribution in [1.29, 1.82) is 0 Å². The zero-order valence-corrected chi connectivity index (χ0v) is 13.8. The van der Waals surface area contributed by atoms with Gasteiger partial charge in [0.1, 0.15) is 0 Å². The molecular weight excluding hydrogens is 228 g/mol. The Bertz CT molecular complexity index is 251. The first-order chi connectivity index (χ1) is 7.23. The monoisotopic (exact) mass is 255 g/mol. The molecule has 17 heavy (non-hydrogen) atoms. The van der Waals surface area contributed by atoms with Gasteiger partial charge in [-0.15, -0.1) is 0 Å². The van der Waals surface area contributed by atoms with E-state index in [-0.39, 0.29) is 22.2 Å². The first-order valence-electron chi connectivity index (χ1n) is 6.11. The molecule has 99 valence electrons. The zero-order chi connectivity index (χ0) is 14.3. The fraction of sp³-hybridized carbons (Fsp3) is 0.929. The highest BCUT2D eigenvalue weighted by Crippen LogP contribution is 2.61. The van der Waals surface area contributed by atoms with Crippen LogP contribution in [0.4, 0.5) is 0 Å². The van der Waals surface area contributed by atoms with Gasteiger partial charge < -0.3 is 4.43 Å². The maximum absolute atomic E-state index is 12.5. The Labute approximate surface area is 110 Å². The van der Waals surface area contributed by atoms with Gasteiger partial charge in [0.15, 0.2) is 0 Å². The van der Waals surface area contributed by atoms with E-state index in [4.69, 9.17) is 4.43 Å². The van der Waals surface area contributed by atoms with Gasteiger partial charge in [0.2, 0.25) is 0 Å². The molecule has 0 bridgehead atoms. The first kappa shape index (κ1) is 16.7. The molecule has 2 nitrogen and oxygen atoms in total. The van der Waals surface area contributed by atoms with Crippen LogP contribution in [0.2, 0.25) is 0 Å². The molecule has 0 rings (SSSR count). The van der Waals surface area contributed by atoms with Crippen LogP contribution in [0.15, 0.2) is 0 Å². The van der Waals surface area contributed by atoms with Crippen LogP contribution < -0.4 is 0 Å². The van der Waals surface area contributed by atoms with E-state index in [0.29, 0.717) is 0 Å². The van der Waals surface area contributed by atoms with Gasteiger partial charge in [0, 0.05) is 0 Å². The topological polar surface area (TPSA) is 26.3 Å². The van der Waals surface area contributed by atoms with E-state index < -0.39 is 5.41 Å². The molecule has 0 amide bonds. The summed E-state index contributed by atoms with van der Waals surface area (Å²) in [4.78, 5) is 12.5. The Morgan fingerprint density at radius 3 is 1.06 bits per heavy atom. The van der Waals surface area contributed by atoms with Crippen molar-refractivity contribution in [3.63, 3.8) is 0 Å². The largest absolute Gasteiger partial charge is 0.516 e. The van der Waals surface area contributed by atoms with Crippen molar-refractivity contribution in [2.24, 2.45) is 21.7 Å². The van der Waals surface area contributed by atoms with Crippen molar-refractivity contribution in [3.05, 3.63) is 0 Å². The predicted octanol–water partition coefficient (Wildman–Crippen LogP) is 3.74. The van der Waals surface area contributed by atoms with Crippen molar-refractivity contribution in [3.8, 4) is 0 Å². The number of carbonyl (C=O) groups excluding carboxylic acids is 1. The Kier molecular flexibility index (Phi) is 4.33. The number of carbonyl (C=O) groups is 1. The second-order valence-electron chi connectivity index (χ2n) is 7.89. The molecule has 0 saturated carbocycles. The summed E-state index contributed by atoms with van der Waals surface area (Å²) in [6, 6.07) is 0. The molecule has 0 aromatic heterocycles. The molecule has 0 aliphatic carbocycles. The van der Waals surface area contributed by atoms with Gasteiger partial charge in [0.05, 0.1) is 5.41 Å². The highest BCUT2D eigenvalue weighted by atomic mass is 28.2. The molecule has 3 radical (unpaired) electrons. The Morgan fingerprint density at radius 1 is 0.765 bits per heavy atom. The second kappa shape index (κ2) is 4.41. The molecule has 0 heterocycles. The van der Waals surface area contributed by atoms with E-state index in [1.165, 1.54) is 0 Å². The minimum absolute atomic E-state index is 0.193. The molecular formula is C14H27O2Si. The van der Waals surface area contributed by atoms with Gasteiger partial charge in [0.25, 0.3) is 5.97 Å². The highest BCUT2D eigenvalue weighted by molar-refractivity contribution is 6.06. The maximum Gasteiger partial charge on any atom is 0.345 e.